The molecule has 1 atom stereocenters. The van der Waals surface area contributed by atoms with E-state index >= 15 is 0 Å². The van der Waals surface area contributed by atoms with Gasteiger partial charge in [0.1, 0.15) is 0 Å². The minimum atomic E-state index is -0.657. The number of rotatable bonds is 9. The fraction of sp³-hybridized carbons (Fsp3) is 0.318. The topological polar surface area (TPSA) is 33.0 Å². The van der Waals surface area contributed by atoms with E-state index in [-0.39, 0.29) is 5.78 Å². The third kappa shape index (κ3) is 5.24. The summed E-state index contributed by atoms with van der Waals surface area (Å²) in [4.78, 5) is 13.7. The molecule has 2 rings (SSSR count). The number of hydrogen-bond donors (Lipinski definition) is 1. The molecular formula is C22H26ClN2OS+. The van der Waals surface area contributed by atoms with Crippen molar-refractivity contribution in [1.29, 1.82) is 0 Å². The molecule has 1 heterocycles. The van der Waals surface area contributed by atoms with Crippen LogP contribution in [0, 0.1) is 0 Å². The first kappa shape index (κ1) is 21.3. The largest absolute Gasteiger partial charge is 0.370 e. The molecule has 0 bridgehead atoms. The summed E-state index contributed by atoms with van der Waals surface area (Å²) in [6.45, 7) is 8.57. The van der Waals surface area contributed by atoms with Crippen molar-refractivity contribution in [2.24, 2.45) is 0 Å². The van der Waals surface area contributed by atoms with Crippen LogP contribution in [-0.4, -0.2) is 17.3 Å². The second-order valence-corrected chi connectivity index (χ2v) is 7.22. The number of halogens is 1. The van der Waals surface area contributed by atoms with Crippen LogP contribution in [-0.2, 0) is 0 Å². The average molecular weight is 402 g/mol. The standard InChI is InChI=1S/C22H25ClN2OS/c1-4-13-24-22(27)20(21(26)18-9-7-8-10-19(18)23)25-14-11-17(12-15-25)16(5-2)6-3/h4,7-12,14-16,20H,1,5-6,13H2,2-3H3/p+1/t20-/m0/s1. The van der Waals surface area contributed by atoms with Crippen molar-refractivity contribution in [2.45, 2.75) is 38.6 Å². The number of pyridine rings is 1. The molecule has 142 valence electrons. The SMILES string of the molecule is C=CCNC(=S)[C@H](C(=O)c1ccccc1Cl)[n+]1ccc(C(CC)CC)cc1. The number of Topliss-reactive ketones (excluding diaryl/α,β-unsaturated/α-hetero) is 1. The van der Waals surface area contributed by atoms with Crippen LogP contribution in [0.5, 0.6) is 0 Å². The number of hydrogen-bond acceptors (Lipinski definition) is 2. The summed E-state index contributed by atoms with van der Waals surface area (Å²) in [5.41, 5.74) is 1.73. The van der Waals surface area contributed by atoms with Crippen LogP contribution >= 0.6 is 23.8 Å². The summed E-state index contributed by atoms with van der Waals surface area (Å²) in [6.07, 6.45) is 7.73. The number of carbonyl (C=O) groups is 1. The summed E-state index contributed by atoms with van der Waals surface area (Å²) < 4.78 is 1.84. The zero-order valence-corrected chi connectivity index (χ0v) is 17.4. The van der Waals surface area contributed by atoms with Crippen LogP contribution in [0.1, 0.15) is 54.6 Å². The van der Waals surface area contributed by atoms with Gasteiger partial charge in [0.25, 0.3) is 6.04 Å². The van der Waals surface area contributed by atoms with E-state index in [1.165, 1.54) is 5.56 Å². The second-order valence-electron chi connectivity index (χ2n) is 6.37. The predicted molar refractivity (Wildman–Crippen MR) is 116 cm³/mol. The van der Waals surface area contributed by atoms with E-state index in [2.05, 4.69) is 37.9 Å². The molecule has 0 spiro atoms. The second kappa shape index (κ2) is 10.3. The summed E-state index contributed by atoms with van der Waals surface area (Å²) >= 11 is 11.8. The summed E-state index contributed by atoms with van der Waals surface area (Å²) in [5, 5.41) is 3.51. The van der Waals surface area contributed by atoms with Crippen molar-refractivity contribution in [3.8, 4) is 0 Å². The first-order chi connectivity index (χ1) is 13.0. The number of nitrogens with zero attached hydrogens (tertiary/aromatic N) is 1. The average Bonchev–Trinajstić information content (AvgIpc) is 2.69. The van der Waals surface area contributed by atoms with Crippen LogP contribution in [0.4, 0.5) is 0 Å². The molecule has 27 heavy (non-hydrogen) atoms. The molecule has 0 saturated heterocycles. The van der Waals surface area contributed by atoms with Crippen molar-refractivity contribution in [3.63, 3.8) is 0 Å². The molecule has 1 aromatic carbocycles. The Labute approximate surface area is 172 Å². The van der Waals surface area contributed by atoms with Crippen LogP contribution in [0.2, 0.25) is 5.02 Å². The van der Waals surface area contributed by atoms with Crippen molar-refractivity contribution in [1.82, 2.24) is 5.32 Å². The molecule has 0 radical (unpaired) electrons. The van der Waals surface area contributed by atoms with E-state index in [1.807, 2.05) is 17.0 Å². The van der Waals surface area contributed by atoms with Gasteiger partial charge in [-0.3, -0.25) is 4.79 Å². The Balaban J connectivity index is 2.41. The maximum Gasteiger partial charge on any atom is 0.270 e. The normalized spacial score (nSPS) is 11.9. The molecule has 5 heteroatoms. The lowest BCUT2D eigenvalue weighted by atomic mass is 9.95. The Hall–Kier alpha value is -2.04. The van der Waals surface area contributed by atoms with E-state index in [0.29, 0.717) is 28.0 Å². The molecular weight excluding hydrogens is 376 g/mol. The minimum Gasteiger partial charge on any atom is -0.370 e. The molecule has 0 fully saturated rings. The molecule has 0 amide bonds. The quantitative estimate of drug-likeness (QED) is 0.276. The molecule has 0 saturated carbocycles. The van der Waals surface area contributed by atoms with Crippen molar-refractivity contribution < 1.29 is 9.36 Å². The van der Waals surface area contributed by atoms with E-state index in [1.54, 1.807) is 30.3 Å². The van der Waals surface area contributed by atoms with Gasteiger partial charge in [-0.1, -0.05) is 55.9 Å². The summed E-state index contributed by atoms with van der Waals surface area (Å²) in [5.74, 6) is 0.380. The van der Waals surface area contributed by atoms with Gasteiger partial charge in [-0.2, -0.15) is 4.57 Å². The zero-order valence-electron chi connectivity index (χ0n) is 15.8. The maximum absolute atomic E-state index is 13.2. The van der Waals surface area contributed by atoms with Gasteiger partial charge in [0.15, 0.2) is 17.4 Å². The zero-order chi connectivity index (χ0) is 19.8. The smallest absolute Gasteiger partial charge is 0.270 e. The summed E-state index contributed by atoms with van der Waals surface area (Å²) in [7, 11) is 0. The van der Waals surface area contributed by atoms with Gasteiger partial charge in [-0.25, -0.2) is 0 Å². The number of thiocarbonyl (C=S) groups is 1. The van der Waals surface area contributed by atoms with Gasteiger partial charge in [-0.05, 0) is 36.5 Å². The van der Waals surface area contributed by atoms with E-state index in [0.717, 1.165) is 12.8 Å². The van der Waals surface area contributed by atoms with Crippen molar-refractivity contribution >= 4 is 34.6 Å². The highest BCUT2D eigenvalue weighted by molar-refractivity contribution is 7.80. The molecule has 1 N–H and O–H groups in total. The molecule has 3 nitrogen and oxygen atoms in total. The molecule has 0 unspecified atom stereocenters. The van der Waals surface area contributed by atoms with Crippen LogP contribution in [0.3, 0.4) is 0 Å². The van der Waals surface area contributed by atoms with Gasteiger partial charge < -0.3 is 5.32 Å². The number of benzene rings is 1. The fourth-order valence-electron chi connectivity index (χ4n) is 3.12. The van der Waals surface area contributed by atoms with E-state index in [9.17, 15) is 4.79 Å². The first-order valence-electron chi connectivity index (χ1n) is 9.21. The summed E-state index contributed by atoms with van der Waals surface area (Å²) in [6, 6.07) is 10.5. The number of ketones is 1. The molecule has 0 aliphatic heterocycles. The van der Waals surface area contributed by atoms with Gasteiger partial charge in [0.05, 0.1) is 5.02 Å². The lowest BCUT2D eigenvalue weighted by molar-refractivity contribution is -0.692. The van der Waals surface area contributed by atoms with Crippen LogP contribution in [0.15, 0.2) is 61.4 Å². The molecule has 0 aliphatic rings. The fourth-order valence-corrected chi connectivity index (χ4v) is 3.66. The highest BCUT2D eigenvalue weighted by Gasteiger charge is 2.34. The molecule has 1 aromatic heterocycles. The third-order valence-corrected chi connectivity index (χ3v) is 5.39. The minimum absolute atomic E-state index is 0.137. The maximum atomic E-state index is 13.2. The Bertz CT molecular complexity index is 800. The number of carbonyl (C=O) groups excluding carboxylic acids is 1. The highest BCUT2D eigenvalue weighted by atomic mass is 35.5. The third-order valence-electron chi connectivity index (χ3n) is 4.69. The van der Waals surface area contributed by atoms with Gasteiger partial charge >= 0.3 is 0 Å². The van der Waals surface area contributed by atoms with E-state index in [4.69, 9.17) is 23.8 Å². The van der Waals surface area contributed by atoms with Crippen LogP contribution < -0.4 is 9.88 Å². The monoisotopic (exact) mass is 401 g/mol. The predicted octanol–water partition coefficient (Wildman–Crippen LogP) is 5.06. The first-order valence-corrected chi connectivity index (χ1v) is 10.00. The van der Waals surface area contributed by atoms with Gasteiger partial charge in [0, 0.05) is 24.2 Å². The van der Waals surface area contributed by atoms with Crippen molar-refractivity contribution in [2.75, 3.05) is 6.54 Å². The highest BCUT2D eigenvalue weighted by Crippen LogP contribution is 2.23. The van der Waals surface area contributed by atoms with Gasteiger partial charge in [0.2, 0.25) is 5.78 Å². The Kier molecular flexibility index (Phi) is 8.14. The lowest BCUT2D eigenvalue weighted by Crippen LogP contribution is -2.51. The molecule has 2 aromatic rings. The number of aromatic nitrogens is 1. The Morgan fingerprint density at radius 2 is 1.85 bits per heavy atom. The Morgan fingerprint density at radius 1 is 1.22 bits per heavy atom. The number of nitrogens with one attached hydrogen (secondary N) is 1. The van der Waals surface area contributed by atoms with E-state index < -0.39 is 6.04 Å². The lowest BCUT2D eigenvalue weighted by Gasteiger charge is -2.16. The molecule has 0 aliphatic carbocycles. The van der Waals surface area contributed by atoms with Crippen LogP contribution in [0.25, 0.3) is 0 Å². The van der Waals surface area contributed by atoms with Crippen molar-refractivity contribution in [3.05, 3.63) is 77.6 Å². The Morgan fingerprint density at radius 3 is 2.41 bits per heavy atom. The van der Waals surface area contributed by atoms with Gasteiger partial charge in [-0.15, -0.1) is 6.58 Å².